The van der Waals surface area contributed by atoms with Crippen molar-refractivity contribution < 1.29 is 23.0 Å². The van der Waals surface area contributed by atoms with E-state index >= 15 is 0 Å². The molecule has 0 aromatic heterocycles. The fourth-order valence-electron chi connectivity index (χ4n) is 1.69. The summed E-state index contributed by atoms with van der Waals surface area (Å²) in [5.41, 5.74) is 0.326. The lowest BCUT2D eigenvalue weighted by molar-refractivity contribution is 0.0915. The summed E-state index contributed by atoms with van der Waals surface area (Å²) in [6.07, 6.45) is 0. The zero-order chi connectivity index (χ0) is 14.5. The highest BCUT2D eigenvalue weighted by molar-refractivity contribution is 5.99. The van der Waals surface area contributed by atoms with E-state index in [1.807, 2.05) is 0 Å². The van der Waals surface area contributed by atoms with Crippen LogP contribution < -0.4 is 9.47 Å². The lowest BCUT2D eigenvalue weighted by Crippen LogP contribution is -2.13. The number of ether oxygens (including phenoxy) is 2. The Balaban J connectivity index is 2.11. The number of hydrogen-bond donors (Lipinski definition) is 0. The highest BCUT2D eigenvalue weighted by Crippen LogP contribution is 2.21. The molecular formula is C15H12F2O3. The van der Waals surface area contributed by atoms with Gasteiger partial charge in [0.2, 0.25) is 11.6 Å². The monoisotopic (exact) mass is 278 g/mol. The smallest absolute Gasteiger partial charge is 0.203 e. The predicted molar refractivity (Wildman–Crippen MR) is 69.2 cm³/mol. The molecule has 5 heteroatoms. The van der Waals surface area contributed by atoms with Crippen LogP contribution in [0, 0.1) is 11.6 Å². The quantitative estimate of drug-likeness (QED) is 0.788. The Hall–Kier alpha value is -2.43. The molecule has 0 N–H and O–H groups in total. The highest BCUT2D eigenvalue weighted by Gasteiger charge is 2.14. The first-order chi connectivity index (χ1) is 9.63. The van der Waals surface area contributed by atoms with Crippen molar-refractivity contribution in [2.45, 2.75) is 0 Å². The van der Waals surface area contributed by atoms with Gasteiger partial charge >= 0.3 is 0 Å². The van der Waals surface area contributed by atoms with Crippen LogP contribution in [0.15, 0.2) is 42.5 Å². The SMILES string of the molecule is COc1ccccc1C(=O)COc1cccc(F)c1F. The molecule has 0 saturated heterocycles. The van der Waals surface area contributed by atoms with Gasteiger partial charge in [-0.3, -0.25) is 4.79 Å². The van der Waals surface area contributed by atoms with Gasteiger partial charge in [0.05, 0.1) is 12.7 Å². The Labute approximate surface area is 114 Å². The molecule has 2 rings (SSSR count). The van der Waals surface area contributed by atoms with Crippen molar-refractivity contribution >= 4 is 5.78 Å². The summed E-state index contributed by atoms with van der Waals surface area (Å²) in [5.74, 6) is -2.41. The number of rotatable bonds is 5. The minimum absolute atomic E-state index is 0.298. The number of Topliss-reactive ketones (excluding diaryl/α,β-unsaturated/α-hetero) is 1. The summed E-state index contributed by atoms with van der Waals surface area (Å²) >= 11 is 0. The molecule has 0 amide bonds. The molecular weight excluding hydrogens is 266 g/mol. The second-order valence-corrected chi connectivity index (χ2v) is 3.96. The van der Waals surface area contributed by atoms with Crippen LogP contribution in [0.3, 0.4) is 0 Å². The second kappa shape index (κ2) is 6.14. The van der Waals surface area contributed by atoms with Crippen molar-refractivity contribution in [1.29, 1.82) is 0 Å². The van der Waals surface area contributed by atoms with Crippen LogP contribution in [0.5, 0.6) is 11.5 Å². The van der Waals surface area contributed by atoms with Gasteiger partial charge in [-0.2, -0.15) is 4.39 Å². The molecule has 0 heterocycles. The van der Waals surface area contributed by atoms with E-state index < -0.39 is 18.2 Å². The lowest BCUT2D eigenvalue weighted by atomic mass is 10.1. The van der Waals surface area contributed by atoms with Gasteiger partial charge in [-0.15, -0.1) is 0 Å². The molecule has 0 aliphatic heterocycles. The summed E-state index contributed by atoms with van der Waals surface area (Å²) in [6.45, 7) is -0.402. The van der Waals surface area contributed by atoms with E-state index in [2.05, 4.69) is 0 Å². The van der Waals surface area contributed by atoms with Crippen LogP contribution in [0.4, 0.5) is 8.78 Å². The van der Waals surface area contributed by atoms with Gasteiger partial charge in [0.1, 0.15) is 5.75 Å². The summed E-state index contributed by atoms with van der Waals surface area (Å²) < 4.78 is 36.4. The molecule has 104 valence electrons. The van der Waals surface area contributed by atoms with Crippen molar-refractivity contribution in [3.8, 4) is 11.5 Å². The Morgan fingerprint density at radius 3 is 2.50 bits per heavy atom. The topological polar surface area (TPSA) is 35.5 Å². The number of ketones is 1. The second-order valence-electron chi connectivity index (χ2n) is 3.96. The molecule has 0 atom stereocenters. The normalized spacial score (nSPS) is 10.2. The first kappa shape index (κ1) is 14.0. The summed E-state index contributed by atoms with van der Waals surface area (Å²) in [7, 11) is 1.44. The maximum Gasteiger partial charge on any atom is 0.203 e. The van der Waals surface area contributed by atoms with Gasteiger partial charge in [0.25, 0.3) is 0 Å². The van der Waals surface area contributed by atoms with Crippen molar-refractivity contribution in [2.75, 3.05) is 13.7 Å². The lowest BCUT2D eigenvalue weighted by Gasteiger charge is -2.09. The number of carbonyl (C=O) groups excluding carboxylic acids is 1. The van der Waals surface area contributed by atoms with Crippen LogP contribution in [-0.2, 0) is 0 Å². The Bertz CT molecular complexity index is 626. The number of carbonyl (C=O) groups is 1. The predicted octanol–water partition coefficient (Wildman–Crippen LogP) is 3.24. The molecule has 2 aromatic carbocycles. The minimum atomic E-state index is -1.11. The first-order valence-electron chi connectivity index (χ1n) is 5.86. The summed E-state index contributed by atoms with van der Waals surface area (Å²) in [6, 6.07) is 10.2. The fourth-order valence-corrected chi connectivity index (χ4v) is 1.69. The molecule has 0 radical (unpaired) electrons. The third kappa shape index (κ3) is 2.93. The van der Waals surface area contributed by atoms with Crippen molar-refractivity contribution in [2.24, 2.45) is 0 Å². The molecule has 0 unspecified atom stereocenters. The van der Waals surface area contributed by atoms with Crippen molar-refractivity contribution in [3.05, 3.63) is 59.7 Å². The van der Waals surface area contributed by atoms with E-state index in [1.54, 1.807) is 24.3 Å². The third-order valence-corrected chi connectivity index (χ3v) is 2.68. The van der Waals surface area contributed by atoms with Gasteiger partial charge < -0.3 is 9.47 Å². The average molecular weight is 278 g/mol. The van der Waals surface area contributed by atoms with E-state index in [0.29, 0.717) is 11.3 Å². The molecule has 0 saturated carbocycles. The van der Waals surface area contributed by atoms with Crippen LogP contribution in [0.25, 0.3) is 0 Å². The van der Waals surface area contributed by atoms with Crippen LogP contribution in [0.1, 0.15) is 10.4 Å². The number of methoxy groups -OCH3 is 1. The average Bonchev–Trinajstić information content (AvgIpc) is 2.48. The van der Waals surface area contributed by atoms with Gasteiger partial charge in [0.15, 0.2) is 18.2 Å². The Morgan fingerprint density at radius 1 is 1.05 bits per heavy atom. The number of benzene rings is 2. The van der Waals surface area contributed by atoms with E-state index in [1.165, 1.54) is 19.2 Å². The largest absolute Gasteiger partial charge is 0.496 e. The molecule has 0 spiro atoms. The maximum atomic E-state index is 13.4. The number of halogens is 2. The van der Waals surface area contributed by atoms with Gasteiger partial charge in [-0.1, -0.05) is 18.2 Å². The first-order valence-corrected chi connectivity index (χ1v) is 5.86. The molecule has 0 bridgehead atoms. The standard InChI is InChI=1S/C15H12F2O3/c1-19-13-7-3-2-5-10(13)12(18)9-20-14-8-4-6-11(16)15(14)17/h2-8H,9H2,1H3. The van der Waals surface area contributed by atoms with Crippen LogP contribution >= 0.6 is 0 Å². The van der Waals surface area contributed by atoms with Gasteiger partial charge in [-0.05, 0) is 24.3 Å². The molecule has 20 heavy (non-hydrogen) atoms. The number of hydrogen-bond acceptors (Lipinski definition) is 3. The van der Waals surface area contributed by atoms with Crippen molar-refractivity contribution in [3.63, 3.8) is 0 Å². The fraction of sp³-hybridized carbons (Fsp3) is 0.133. The third-order valence-electron chi connectivity index (χ3n) is 2.68. The zero-order valence-electron chi connectivity index (χ0n) is 10.7. The number of para-hydroxylation sites is 1. The van der Waals surface area contributed by atoms with E-state index in [9.17, 15) is 13.6 Å². The van der Waals surface area contributed by atoms with E-state index in [-0.39, 0.29) is 11.5 Å². The van der Waals surface area contributed by atoms with Crippen molar-refractivity contribution in [1.82, 2.24) is 0 Å². The molecule has 0 fully saturated rings. The zero-order valence-corrected chi connectivity index (χ0v) is 10.7. The molecule has 0 aliphatic rings. The minimum Gasteiger partial charge on any atom is -0.496 e. The molecule has 2 aromatic rings. The molecule has 0 aliphatic carbocycles. The molecule has 3 nitrogen and oxygen atoms in total. The maximum absolute atomic E-state index is 13.4. The van der Waals surface area contributed by atoms with Gasteiger partial charge in [-0.25, -0.2) is 4.39 Å². The van der Waals surface area contributed by atoms with Gasteiger partial charge in [0, 0.05) is 0 Å². The van der Waals surface area contributed by atoms with Crippen LogP contribution in [0.2, 0.25) is 0 Å². The van der Waals surface area contributed by atoms with E-state index in [0.717, 1.165) is 6.07 Å². The summed E-state index contributed by atoms with van der Waals surface area (Å²) in [5, 5.41) is 0. The van der Waals surface area contributed by atoms with E-state index in [4.69, 9.17) is 9.47 Å². The highest BCUT2D eigenvalue weighted by atomic mass is 19.2. The Kier molecular flexibility index (Phi) is 4.30. The Morgan fingerprint density at radius 2 is 1.75 bits per heavy atom. The summed E-state index contributed by atoms with van der Waals surface area (Å²) in [4.78, 5) is 12.0. The van der Waals surface area contributed by atoms with Crippen LogP contribution in [-0.4, -0.2) is 19.5 Å².